The second kappa shape index (κ2) is 2.48. The Labute approximate surface area is 66.6 Å². The first kappa shape index (κ1) is 8.53. The first-order valence-corrected chi connectivity index (χ1v) is 3.95. The molecule has 0 aromatic heterocycles. The molecule has 1 unspecified atom stereocenters. The molecule has 0 aliphatic heterocycles. The van der Waals surface area contributed by atoms with Crippen molar-refractivity contribution in [2.24, 2.45) is 17.1 Å². The first-order chi connectivity index (χ1) is 4.96. The predicted octanol–water partition coefficient (Wildman–Crippen LogP) is 0.834. The normalized spacial score (nSPS) is 21.4. The van der Waals surface area contributed by atoms with Gasteiger partial charge in [0.1, 0.15) is 0 Å². The highest BCUT2D eigenvalue weighted by atomic mass is 16.4. The van der Waals surface area contributed by atoms with E-state index < -0.39 is 11.4 Å². The van der Waals surface area contributed by atoms with Crippen molar-refractivity contribution in [2.45, 2.75) is 32.7 Å². The zero-order chi connectivity index (χ0) is 8.65. The molecule has 0 amide bonds. The van der Waals surface area contributed by atoms with Crippen LogP contribution in [0.5, 0.6) is 0 Å². The molecule has 0 aromatic carbocycles. The molecule has 1 fully saturated rings. The van der Waals surface area contributed by atoms with Crippen LogP contribution < -0.4 is 5.73 Å². The Morgan fingerprint density at radius 3 is 2.36 bits per heavy atom. The van der Waals surface area contributed by atoms with Crippen LogP contribution in [0.15, 0.2) is 0 Å². The molecular formula is C8H15NO2. The molecule has 1 atom stereocenters. The fourth-order valence-electron chi connectivity index (χ4n) is 1.19. The van der Waals surface area contributed by atoms with Gasteiger partial charge in [0.05, 0.1) is 5.41 Å². The second-order valence-electron chi connectivity index (χ2n) is 3.89. The molecule has 1 saturated carbocycles. The van der Waals surface area contributed by atoms with Crippen LogP contribution in [0.25, 0.3) is 0 Å². The van der Waals surface area contributed by atoms with Gasteiger partial charge in [0.15, 0.2) is 0 Å². The van der Waals surface area contributed by atoms with E-state index in [2.05, 4.69) is 0 Å². The molecule has 0 bridgehead atoms. The topological polar surface area (TPSA) is 63.3 Å². The van der Waals surface area contributed by atoms with Crippen LogP contribution in [-0.2, 0) is 4.79 Å². The standard InChI is InChI=1S/C8H15NO2/c1-8(2,7(10)11)6(9)5-3-4-5/h5-6H,3-4,9H2,1-2H3,(H,10,11). The highest BCUT2D eigenvalue weighted by molar-refractivity contribution is 5.74. The number of carboxylic acid groups (broad SMARTS) is 1. The number of hydrogen-bond acceptors (Lipinski definition) is 2. The van der Waals surface area contributed by atoms with Gasteiger partial charge in [-0.05, 0) is 32.6 Å². The van der Waals surface area contributed by atoms with Gasteiger partial charge < -0.3 is 10.8 Å². The molecule has 0 spiro atoms. The Morgan fingerprint density at radius 1 is 1.64 bits per heavy atom. The summed E-state index contributed by atoms with van der Waals surface area (Å²) in [7, 11) is 0. The van der Waals surface area contributed by atoms with Crippen LogP contribution in [0.1, 0.15) is 26.7 Å². The van der Waals surface area contributed by atoms with Crippen molar-refractivity contribution in [3.8, 4) is 0 Å². The lowest BCUT2D eigenvalue weighted by molar-refractivity contribution is -0.148. The lowest BCUT2D eigenvalue weighted by atomic mass is 9.82. The van der Waals surface area contributed by atoms with Crippen molar-refractivity contribution in [2.75, 3.05) is 0 Å². The Bertz CT molecular complexity index is 173. The molecule has 0 saturated heterocycles. The maximum Gasteiger partial charge on any atom is 0.310 e. The minimum atomic E-state index is -0.795. The second-order valence-corrected chi connectivity index (χ2v) is 3.89. The molecule has 0 aromatic rings. The largest absolute Gasteiger partial charge is 0.481 e. The molecule has 0 radical (unpaired) electrons. The number of nitrogens with two attached hydrogens (primary N) is 1. The lowest BCUT2D eigenvalue weighted by Gasteiger charge is -2.26. The lowest BCUT2D eigenvalue weighted by Crippen LogP contribution is -2.44. The van der Waals surface area contributed by atoms with Gasteiger partial charge in [-0.25, -0.2) is 0 Å². The van der Waals surface area contributed by atoms with Gasteiger partial charge >= 0.3 is 5.97 Å². The molecule has 1 aliphatic carbocycles. The van der Waals surface area contributed by atoms with Gasteiger partial charge in [0, 0.05) is 6.04 Å². The Morgan fingerprint density at radius 2 is 2.09 bits per heavy atom. The monoisotopic (exact) mass is 157 g/mol. The number of rotatable bonds is 3. The van der Waals surface area contributed by atoms with Crippen molar-refractivity contribution in [3.63, 3.8) is 0 Å². The Hall–Kier alpha value is -0.570. The molecular weight excluding hydrogens is 142 g/mol. The van der Waals surface area contributed by atoms with E-state index in [1.54, 1.807) is 13.8 Å². The maximum absolute atomic E-state index is 10.7. The van der Waals surface area contributed by atoms with E-state index in [1.165, 1.54) is 0 Å². The van der Waals surface area contributed by atoms with Gasteiger partial charge in [-0.1, -0.05) is 0 Å². The number of hydrogen-bond donors (Lipinski definition) is 2. The summed E-state index contributed by atoms with van der Waals surface area (Å²) in [6, 6.07) is -0.181. The van der Waals surface area contributed by atoms with Crippen LogP contribution in [0.2, 0.25) is 0 Å². The van der Waals surface area contributed by atoms with E-state index in [4.69, 9.17) is 10.8 Å². The average Bonchev–Trinajstić information content (AvgIpc) is 2.66. The maximum atomic E-state index is 10.7. The third-order valence-corrected chi connectivity index (χ3v) is 2.51. The average molecular weight is 157 g/mol. The number of carboxylic acids is 1. The quantitative estimate of drug-likeness (QED) is 0.638. The smallest absolute Gasteiger partial charge is 0.310 e. The highest BCUT2D eigenvalue weighted by Crippen LogP contribution is 2.39. The van der Waals surface area contributed by atoms with Crippen LogP contribution in [0, 0.1) is 11.3 Å². The summed E-state index contributed by atoms with van der Waals surface area (Å²) in [6.07, 6.45) is 2.19. The molecule has 3 heteroatoms. The van der Waals surface area contributed by atoms with Crippen LogP contribution in [0.4, 0.5) is 0 Å². The molecule has 3 nitrogen and oxygen atoms in total. The molecule has 1 aliphatic rings. The van der Waals surface area contributed by atoms with Gasteiger partial charge in [-0.2, -0.15) is 0 Å². The van der Waals surface area contributed by atoms with E-state index in [0.717, 1.165) is 12.8 Å². The summed E-state index contributed by atoms with van der Waals surface area (Å²) in [6.45, 7) is 3.39. The summed E-state index contributed by atoms with van der Waals surface area (Å²) < 4.78 is 0. The molecule has 64 valence electrons. The number of aliphatic carboxylic acids is 1. The molecule has 0 heterocycles. The molecule has 1 rings (SSSR count). The van der Waals surface area contributed by atoms with Crippen LogP contribution >= 0.6 is 0 Å². The molecule has 3 N–H and O–H groups in total. The summed E-state index contributed by atoms with van der Waals surface area (Å²) in [5.41, 5.74) is 5.01. The van der Waals surface area contributed by atoms with E-state index in [9.17, 15) is 4.79 Å². The van der Waals surface area contributed by atoms with Gasteiger partial charge in [0.2, 0.25) is 0 Å². The minimum Gasteiger partial charge on any atom is -0.481 e. The first-order valence-electron chi connectivity index (χ1n) is 3.95. The van der Waals surface area contributed by atoms with Gasteiger partial charge in [0.25, 0.3) is 0 Å². The zero-order valence-electron chi connectivity index (χ0n) is 7.00. The van der Waals surface area contributed by atoms with Gasteiger partial charge in [-0.15, -0.1) is 0 Å². The minimum absolute atomic E-state index is 0.181. The van der Waals surface area contributed by atoms with E-state index in [-0.39, 0.29) is 6.04 Å². The van der Waals surface area contributed by atoms with Crippen LogP contribution in [0.3, 0.4) is 0 Å². The summed E-state index contributed by atoms with van der Waals surface area (Å²) in [4.78, 5) is 10.7. The van der Waals surface area contributed by atoms with Crippen molar-refractivity contribution >= 4 is 5.97 Å². The third-order valence-electron chi connectivity index (χ3n) is 2.51. The fraction of sp³-hybridized carbons (Fsp3) is 0.875. The van der Waals surface area contributed by atoms with E-state index >= 15 is 0 Å². The van der Waals surface area contributed by atoms with Crippen molar-refractivity contribution < 1.29 is 9.90 Å². The van der Waals surface area contributed by atoms with Gasteiger partial charge in [-0.3, -0.25) is 4.79 Å². The fourth-order valence-corrected chi connectivity index (χ4v) is 1.19. The SMILES string of the molecule is CC(C)(C(=O)O)C(N)C1CC1. The van der Waals surface area contributed by atoms with E-state index in [0.29, 0.717) is 5.92 Å². The summed E-state index contributed by atoms with van der Waals surface area (Å²) in [5.74, 6) is -0.349. The van der Waals surface area contributed by atoms with Crippen molar-refractivity contribution in [3.05, 3.63) is 0 Å². The predicted molar refractivity (Wildman–Crippen MR) is 42.1 cm³/mol. The van der Waals surface area contributed by atoms with Crippen LogP contribution in [-0.4, -0.2) is 17.1 Å². The third kappa shape index (κ3) is 1.53. The highest BCUT2D eigenvalue weighted by Gasteiger charge is 2.43. The Kier molecular flexibility index (Phi) is 1.92. The zero-order valence-corrected chi connectivity index (χ0v) is 7.00. The molecule has 11 heavy (non-hydrogen) atoms. The van der Waals surface area contributed by atoms with E-state index in [1.807, 2.05) is 0 Å². The number of carbonyl (C=O) groups is 1. The summed E-state index contributed by atoms with van der Waals surface area (Å²) >= 11 is 0. The Balaban J connectivity index is 2.61. The summed E-state index contributed by atoms with van der Waals surface area (Å²) in [5, 5.41) is 8.81. The van der Waals surface area contributed by atoms with Crippen molar-refractivity contribution in [1.82, 2.24) is 0 Å². The van der Waals surface area contributed by atoms with Crippen molar-refractivity contribution in [1.29, 1.82) is 0 Å².